The Morgan fingerprint density at radius 2 is 1.92 bits per heavy atom. The van der Waals surface area contributed by atoms with Crippen LogP contribution in [-0.4, -0.2) is 35.9 Å². The van der Waals surface area contributed by atoms with Crippen molar-refractivity contribution in [1.29, 1.82) is 0 Å². The second kappa shape index (κ2) is 8.96. The molecular weight excluding hydrogens is 350 g/mol. The van der Waals surface area contributed by atoms with Gasteiger partial charge in [-0.05, 0) is 48.7 Å². The van der Waals surface area contributed by atoms with Crippen molar-refractivity contribution in [3.05, 3.63) is 59.5 Å². The molecule has 0 saturated carbocycles. The number of amides is 1. The molecule has 3 rings (SSSR count). The zero-order chi connectivity index (χ0) is 18.2. The maximum absolute atomic E-state index is 12.1. The molecule has 0 aliphatic rings. The number of nitrogens with one attached hydrogen (secondary N) is 1. The van der Waals surface area contributed by atoms with Crippen LogP contribution in [0.4, 0.5) is 0 Å². The fourth-order valence-electron chi connectivity index (χ4n) is 2.24. The number of nitrogens with zero attached hydrogens (tertiary/aromatic N) is 2. The van der Waals surface area contributed by atoms with Gasteiger partial charge in [0.2, 0.25) is 5.88 Å². The summed E-state index contributed by atoms with van der Waals surface area (Å²) in [5.74, 6) is 1.02. The van der Waals surface area contributed by atoms with Crippen LogP contribution in [-0.2, 0) is 0 Å². The van der Waals surface area contributed by atoms with E-state index in [0.717, 1.165) is 16.3 Å². The molecule has 7 heteroatoms. The number of ether oxygens (including phenoxy) is 2. The van der Waals surface area contributed by atoms with E-state index in [1.165, 1.54) is 0 Å². The topological polar surface area (TPSA) is 73.3 Å². The Labute approximate surface area is 155 Å². The van der Waals surface area contributed by atoms with Gasteiger partial charge in [-0.25, -0.2) is 0 Å². The second-order valence-electron chi connectivity index (χ2n) is 5.30. The molecule has 26 heavy (non-hydrogen) atoms. The first kappa shape index (κ1) is 17.9. The van der Waals surface area contributed by atoms with Gasteiger partial charge >= 0.3 is 0 Å². The van der Waals surface area contributed by atoms with E-state index in [-0.39, 0.29) is 5.91 Å². The van der Waals surface area contributed by atoms with Crippen LogP contribution < -0.4 is 14.8 Å². The normalized spacial score (nSPS) is 10.3. The van der Waals surface area contributed by atoms with Crippen LogP contribution in [0.1, 0.15) is 17.3 Å². The van der Waals surface area contributed by atoms with E-state index in [4.69, 9.17) is 9.47 Å². The van der Waals surface area contributed by atoms with Gasteiger partial charge < -0.3 is 14.8 Å². The van der Waals surface area contributed by atoms with E-state index in [2.05, 4.69) is 15.5 Å². The van der Waals surface area contributed by atoms with Gasteiger partial charge in [-0.3, -0.25) is 4.79 Å². The van der Waals surface area contributed by atoms with Gasteiger partial charge in [0.25, 0.3) is 5.91 Å². The van der Waals surface area contributed by atoms with Crippen molar-refractivity contribution >= 4 is 17.2 Å². The molecule has 2 aromatic heterocycles. The maximum Gasteiger partial charge on any atom is 0.251 e. The number of carbonyl (C=O) groups excluding carboxylic acids is 1. The number of hydrogen-bond acceptors (Lipinski definition) is 6. The van der Waals surface area contributed by atoms with E-state index in [0.29, 0.717) is 31.2 Å². The number of rotatable bonds is 8. The summed E-state index contributed by atoms with van der Waals surface area (Å²) in [4.78, 5) is 13.1. The van der Waals surface area contributed by atoms with E-state index < -0.39 is 0 Å². The lowest BCUT2D eigenvalue weighted by molar-refractivity contribution is 0.0946. The lowest BCUT2D eigenvalue weighted by Crippen LogP contribution is -2.28. The van der Waals surface area contributed by atoms with Crippen LogP contribution in [0.2, 0.25) is 0 Å². The molecule has 0 fully saturated rings. The van der Waals surface area contributed by atoms with E-state index in [9.17, 15) is 4.79 Å². The van der Waals surface area contributed by atoms with Crippen LogP contribution in [0.3, 0.4) is 0 Å². The molecule has 3 aromatic rings. The summed E-state index contributed by atoms with van der Waals surface area (Å²) in [6.45, 7) is 3.21. The average molecular weight is 369 g/mol. The predicted molar refractivity (Wildman–Crippen MR) is 101 cm³/mol. The third-order valence-corrected chi connectivity index (χ3v) is 4.37. The van der Waals surface area contributed by atoms with E-state index in [1.807, 2.05) is 30.5 Å². The minimum atomic E-state index is -0.157. The Kier molecular flexibility index (Phi) is 6.16. The number of carbonyl (C=O) groups is 1. The molecule has 1 amide bonds. The summed E-state index contributed by atoms with van der Waals surface area (Å²) in [6, 6.07) is 14.6. The highest BCUT2D eigenvalue weighted by molar-refractivity contribution is 7.13. The Morgan fingerprint density at radius 3 is 2.58 bits per heavy atom. The van der Waals surface area contributed by atoms with E-state index >= 15 is 0 Å². The zero-order valence-corrected chi connectivity index (χ0v) is 15.2. The Balaban J connectivity index is 1.42. The fraction of sp³-hybridized carbons (Fsp3) is 0.211. The maximum atomic E-state index is 12.1. The van der Waals surface area contributed by atoms with Crippen LogP contribution in [0.5, 0.6) is 11.6 Å². The van der Waals surface area contributed by atoms with Gasteiger partial charge in [-0.1, -0.05) is 6.07 Å². The molecule has 1 N–H and O–H groups in total. The molecule has 0 unspecified atom stereocenters. The third kappa shape index (κ3) is 4.80. The minimum Gasteiger partial charge on any atom is -0.494 e. The largest absolute Gasteiger partial charge is 0.494 e. The van der Waals surface area contributed by atoms with Gasteiger partial charge in [0, 0.05) is 11.6 Å². The van der Waals surface area contributed by atoms with Crippen molar-refractivity contribution in [1.82, 2.24) is 15.5 Å². The average Bonchev–Trinajstić information content (AvgIpc) is 3.21. The van der Waals surface area contributed by atoms with Crippen molar-refractivity contribution in [3.63, 3.8) is 0 Å². The third-order valence-electron chi connectivity index (χ3n) is 3.48. The lowest BCUT2D eigenvalue weighted by atomic mass is 10.2. The molecule has 2 heterocycles. The summed E-state index contributed by atoms with van der Waals surface area (Å²) in [5, 5.41) is 13.0. The van der Waals surface area contributed by atoms with Crippen molar-refractivity contribution in [2.45, 2.75) is 6.92 Å². The molecule has 0 aliphatic carbocycles. The first-order chi connectivity index (χ1) is 12.8. The quantitative estimate of drug-likeness (QED) is 0.616. The van der Waals surface area contributed by atoms with Crippen molar-refractivity contribution < 1.29 is 14.3 Å². The van der Waals surface area contributed by atoms with Crippen molar-refractivity contribution in [2.75, 3.05) is 19.8 Å². The molecule has 0 atom stereocenters. The van der Waals surface area contributed by atoms with Crippen LogP contribution in [0.25, 0.3) is 10.6 Å². The van der Waals surface area contributed by atoms with Gasteiger partial charge in [-0.15, -0.1) is 21.5 Å². The lowest BCUT2D eigenvalue weighted by Gasteiger charge is -2.08. The Bertz CT molecular complexity index is 818. The Hall–Kier alpha value is -2.93. The van der Waals surface area contributed by atoms with Gasteiger partial charge in [0.15, 0.2) is 0 Å². The molecule has 6 nitrogen and oxygen atoms in total. The SMILES string of the molecule is CCOc1ccc(C(=O)NCCOc2ccc(-c3cccs3)nn2)cc1. The van der Waals surface area contributed by atoms with Gasteiger partial charge in [0.1, 0.15) is 18.1 Å². The molecule has 1 aromatic carbocycles. The number of benzene rings is 1. The molecular formula is C19H19N3O3S. The molecule has 0 aliphatic heterocycles. The molecule has 0 radical (unpaired) electrons. The minimum absolute atomic E-state index is 0.157. The monoisotopic (exact) mass is 369 g/mol. The number of thiophene rings is 1. The summed E-state index contributed by atoms with van der Waals surface area (Å²) in [7, 11) is 0. The van der Waals surface area contributed by atoms with Gasteiger partial charge in [0.05, 0.1) is 18.0 Å². The first-order valence-electron chi connectivity index (χ1n) is 8.27. The second-order valence-corrected chi connectivity index (χ2v) is 6.24. The van der Waals surface area contributed by atoms with Crippen molar-refractivity contribution in [2.24, 2.45) is 0 Å². The molecule has 0 saturated heterocycles. The first-order valence-corrected chi connectivity index (χ1v) is 9.15. The smallest absolute Gasteiger partial charge is 0.251 e. The fourth-order valence-corrected chi connectivity index (χ4v) is 2.93. The summed E-state index contributed by atoms with van der Waals surface area (Å²) in [5.41, 5.74) is 1.39. The predicted octanol–water partition coefficient (Wildman–Crippen LogP) is 3.41. The summed E-state index contributed by atoms with van der Waals surface area (Å²) < 4.78 is 10.9. The number of aromatic nitrogens is 2. The van der Waals surface area contributed by atoms with Crippen LogP contribution in [0, 0.1) is 0 Å². The molecule has 0 bridgehead atoms. The highest BCUT2D eigenvalue weighted by Crippen LogP contribution is 2.22. The zero-order valence-electron chi connectivity index (χ0n) is 14.3. The highest BCUT2D eigenvalue weighted by atomic mass is 32.1. The van der Waals surface area contributed by atoms with Crippen molar-refractivity contribution in [3.8, 4) is 22.2 Å². The molecule has 134 valence electrons. The summed E-state index contributed by atoms with van der Waals surface area (Å²) in [6.07, 6.45) is 0. The van der Waals surface area contributed by atoms with E-state index in [1.54, 1.807) is 41.7 Å². The standard InChI is InChI=1S/C19H19N3O3S/c1-2-24-15-7-5-14(6-8-15)19(23)20-11-12-25-18-10-9-16(21-22-18)17-4-3-13-26-17/h3-10,13H,2,11-12H2,1H3,(H,20,23). The van der Waals surface area contributed by atoms with Crippen LogP contribution in [0.15, 0.2) is 53.9 Å². The Morgan fingerprint density at radius 1 is 1.08 bits per heavy atom. The number of hydrogen-bond donors (Lipinski definition) is 1. The highest BCUT2D eigenvalue weighted by Gasteiger charge is 2.06. The summed E-state index contributed by atoms with van der Waals surface area (Å²) >= 11 is 1.61. The van der Waals surface area contributed by atoms with Gasteiger partial charge in [-0.2, -0.15) is 0 Å². The van der Waals surface area contributed by atoms with Crippen LogP contribution >= 0.6 is 11.3 Å². The molecule has 0 spiro atoms.